The Morgan fingerprint density at radius 2 is 1.06 bits per heavy atom. The van der Waals surface area contributed by atoms with E-state index in [2.05, 4.69) is 20.8 Å². The minimum Gasteiger partial charge on any atom is -0.325 e. The van der Waals surface area contributed by atoms with E-state index in [1.807, 2.05) is 0 Å². The number of unbranched alkanes of at least 4 members (excludes halogenated alkanes) is 8. The van der Waals surface area contributed by atoms with Crippen LogP contribution in [0, 0.1) is 0 Å². The molecule has 0 aromatic heterocycles. The highest BCUT2D eigenvalue weighted by Gasteiger charge is 2.18. The molecule has 0 fully saturated rings. The van der Waals surface area contributed by atoms with Gasteiger partial charge in [0.05, 0.1) is 0 Å². The van der Waals surface area contributed by atoms with E-state index in [0.717, 1.165) is 12.8 Å². The summed E-state index contributed by atoms with van der Waals surface area (Å²) in [5.41, 5.74) is 6.42. The number of rotatable bonds is 12. The maximum atomic E-state index is 6.29. The Kier molecular flexibility index (Phi) is 15.6. The fourth-order valence-electron chi connectivity index (χ4n) is 2.39. The molecule has 0 atom stereocenters. The van der Waals surface area contributed by atoms with Crippen LogP contribution in [-0.4, -0.2) is 5.54 Å². The van der Waals surface area contributed by atoms with Crippen LogP contribution in [0.3, 0.4) is 0 Å². The second-order valence-corrected chi connectivity index (χ2v) is 5.65. The van der Waals surface area contributed by atoms with Crippen LogP contribution in [0.25, 0.3) is 0 Å². The lowest BCUT2D eigenvalue weighted by molar-refractivity contribution is 0.350. The monoisotopic (exact) mass is 277 g/mol. The molecule has 2 heteroatoms. The summed E-state index contributed by atoms with van der Waals surface area (Å²) in [7, 11) is 0. The van der Waals surface area contributed by atoms with Crippen LogP contribution in [0.15, 0.2) is 0 Å². The van der Waals surface area contributed by atoms with Crippen LogP contribution in [-0.2, 0) is 0 Å². The summed E-state index contributed by atoms with van der Waals surface area (Å²) in [6, 6.07) is 0. The van der Waals surface area contributed by atoms with Crippen LogP contribution < -0.4 is 5.73 Å². The van der Waals surface area contributed by atoms with Gasteiger partial charge in [-0.05, 0) is 19.3 Å². The summed E-state index contributed by atoms with van der Waals surface area (Å²) in [6.45, 7) is 6.72. The van der Waals surface area contributed by atoms with Crippen LogP contribution in [0.4, 0.5) is 0 Å². The largest absolute Gasteiger partial charge is 0.325 e. The summed E-state index contributed by atoms with van der Waals surface area (Å²) < 4.78 is 0. The molecular weight excluding hydrogens is 242 g/mol. The first-order valence-corrected chi connectivity index (χ1v) is 7.97. The van der Waals surface area contributed by atoms with E-state index < -0.39 is 0 Å². The normalized spacial score (nSPS) is 11.3. The highest BCUT2D eigenvalue weighted by atomic mass is 35.5. The molecule has 112 valence electrons. The molecule has 0 aromatic carbocycles. The quantitative estimate of drug-likeness (QED) is 0.445. The van der Waals surface area contributed by atoms with Crippen molar-refractivity contribution in [3.8, 4) is 0 Å². The average Bonchev–Trinajstić information content (AvgIpc) is 2.36. The third-order valence-corrected chi connectivity index (χ3v) is 4.19. The van der Waals surface area contributed by atoms with Gasteiger partial charge in [-0.15, -0.1) is 12.4 Å². The molecular formula is C16H36ClN. The lowest BCUT2D eigenvalue weighted by Gasteiger charge is -2.26. The Labute approximate surface area is 122 Å². The van der Waals surface area contributed by atoms with Crippen LogP contribution in [0.1, 0.15) is 97.8 Å². The van der Waals surface area contributed by atoms with Gasteiger partial charge in [-0.1, -0.05) is 78.6 Å². The molecule has 18 heavy (non-hydrogen) atoms. The molecule has 0 aliphatic rings. The van der Waals surface area contributed by atoms with Gasteiger partial charge in [-0.2, -0.15) is 0 Å². The highest BCUT2D eigenvalue weighted by Crippen LogP contribution is 2.20. The van der Waals surface area contributed by atoms with Crippen molar-refractivity contribution in [2.75, 3.05) is 0 Å². The van der Waals surface area contributed by atoms with Crippen LogP contribution >= 0.6 is 12.4 Å². The van der Waals surface area contributed by atoms with Gasteiger partial charge < -0.3 is 5.73 Å². The van der Waals surface area contributed by atoms with Crippen molar-refractivity contribution < 1.29 is 0 Å². The van der Waals surface area contributed by atoms with Gasteiger partial charge in [-0.25, -0.2) is 0 Å². The lowest BCUT2D eigenvalue weighted by atomic mass is 9.88. The lowest BCUT2D eigenvalue weighted by Crippen LogP contribution is -2.38. The highest BCUT2D eigenvalue weighted by molar-refractivity contribution is 5.85. The molecule has 0 bridgehead atoms. The SMILES string of the molecule is CCCCCCCCCCCC(N)(CC)CC.Cl. The predicted octanol–water partition coefficient (Wildman–Crippen LogP) is 5.85. The van der Waals surface area contributed by atoms with Crippen molar-refractivity contribution in [3.63, 3.8) is 0 Å². The smallest absolute Gasteiger partial charge is 0.0149 e. The van der Waals surface area contributed by atoms with Crippen LogP contribution in [0.2, 0.25) is 0 Å². The number of halogens is 1. The average molecular weight is 278 g/mol. The molecule has 2 N–H and O–H groups in total. The Bertz CT molecular complexity index is 155. The summed E-state index contributed by atoms with van der Waals surface area (Å²) in [5, 5.41) is 0. The minimum absolute atomic E-state index is 0. The summed E-state index contributed by atoms with van der Waals surface area (Å²) in [6.07, 6.45) is 16.1. The molecule has 0 aliphatic heterocycles. The molecule has 0 aromatic rings. The van der Waals surface area contributed by atoms with Crippen molar-refractivity contribution in [2.45, 2.75) is 103 Å². The van der Waals surface area contributed by atoms with Gasteiger partial charge in [-0.3, -0.25) is 0 Å². The van der Waals surface area contributed by atoms with Crippen molar-refractivity contribution in [1.29, 1.82) is 0 Å². The number of hydrogen-bond donors (Lipinski definition) is 1. The van der Waals surface area contributed by atoms with E-state index in [1.54, 1.807) is 0 Å². The molecule has 0 radical (unpaired) electrons. The molecule has 0 saturated carbocycles. The standard InChI is InChI=1S/C16H35N.ClH/c1-4-7-8-9-10-11-12-13-14-15-16(17,5-2)6-3;/h4-15,17H2,1-3H3;1H. The minimum atomic E-state index is 0. The van der Waals surface area contributed by atoms with Gasteiger partial charge in [0.25, 0.3) is 0 Å². The number of nitrogens with two attached hydrogens (primary N) is 1. The molecule has 0 spiro atoms. The zero-order valence-electron chi connectivity index (χ0n) is 13.0. The number of hydrogen-bond acceptors (Lipinski definition) is 1. The molecule has 0 amide bonds. The molecule has 0 rings (SSSR count). The predicted molar refractivity (Wildman–Crippen MR) is 86.6 cm³/mol. The molecule has 0 unspecified atom stereocenters. The van der Waals surface area contributed by atoms with Crippen LogP contribution in [0.5, 0.6) is 0 Å². The molecule has 1 nitrogen and oxygen atoms in total. The van der Waals surface area contributed by atoms with E-state index in [4.69, 9.17) is 5.73 Å². The van der Waals surface area contributed by atoms with E-state index >= 15 is 0 Å². The van der Waals surface area contributed by atoms with E-state index in [0.29, 0.717) is 0 Å². The second kappa shape index (κ2) is 13.7. The van der Waals surface area contributed by atoms with Gasteiger partial charge in [0.2, 0.25) is 0 Å². The van der Waals surface area contributed by atoms with Crippen molar-refractivity contribution in [2.24, 2.45) is 5.73 Å². The maximum absolute atomic E-state index is 6.29. The van der Waals surface area contributed by atoms with Crippen molar-refractivity contribution in [3.05, 3.63) is 0 Å². The zero-order valence-corrected chi connectivity index (χ0v) is 13.8. The fraction of sp³-hybridized carbons (Fsp3) is 1.00. The summed E-state index contributed by atoms with van der Waals surface area (Å²) in [5.74, 6) is 0. The Balaban J connectivity index is 0. The van der Waals surface area contributed by atoms with Gasteiger partial charge >= 0.3 is 0 Å². The summed E-state index contributed by atoms with van der Waals surface area (Å²) >= 11 is 0. The first kappa shape index (κ1) is 20.6. The Hall–Kier alpha value is 0.250. The van der Waals surface area contributed by atoms with E-state index in [9.17, 15) is 0 Å². The van der Waals surface area contributed by atoms with E-state index in [1.165, 1.54) is 64.2 Å². The third-order valence-electron chi connectivity index (χ3n) is 4.19. The molecule has 0 saturated heterocycles. The molecule has 0 heterocycles. The van der Waals surface area contributed by atoms with Gasteiger partial charge in [0.1, 0.15) is 0 Å². The molecule has 0 aliphatic carbocycles. The topological polar surface area (TPSA) is 26.0 Å². The first-order valence-electron chi connectivity index (χ1n) is 7.97. The maximum Gasteiger partial charge on any atom is 0.0149 e. The second-order valence-electron chi connectivity index (χ2n) is 5.65. The summed E-state index contributed by atoms with van der Waals surface area (Å²) in [4.78, 5) is 0. The van der Waals surface area contributed by atoms with Gasteiger partial charge in [0.15, 0.2) is 0 Å². The van der Waals surface area contributed by atoms with Crippen molar-refractivity contribution >= 4 is 12.4 Å². The fourth-order valence-corrected chi connectivity index (χ4v) is 2.39. The Morgan fingerprint density at radius 3 is 1.44 bits per heavy atom. The Morgan fingerprint density at radius 1 is 0.667 bits per heavy atom. The third kappa shape index (κ3) is 11.3. The van der Waals surface area contributed by atoms with E-state index in [-0.39, 0.29) is 17.9 Å². The van der Waals surface area contributed by atoms with Gasteiger partial charge in [0, 0.05) is 5.54 Å². The van der Waals surface area contributed by atoms with Crippen molar-refractivity contribution in [1.82, 2.24) is 0 Å². The zero-order chi connectivity index (χ0) is 13.0. The first-order chi connectivity index (χ1) is 8.18.